The third-order valence-corrected chi connectivity index (χ3v) is 12.0. The van der Waals surface area contributed by atoms with Gasteiger partial charge in [0.15, 0.2) is 12.3 Å². The monoisotopic (exact) mass is 855 g/mol. The minimum atomic E-state index is -4.94. The van der Waals surface area contributed by atoms with E-state index in [0.717, 1.165) is 36.2 Å². The fraction of sp³-hybridized carbons (Fsp3) is 0.706. The van der Waals surface area contributed by atoms with E-state index in [2.05, 4.69) is 77.9 Å². The Labute approximate surface area is 367 Å². The molecule has 2 aromatic carbocycles. The Hall–Kier alpha value is -2.62. The second kappa shape index (κ2) is 33.0. The topological polar surface area (TPSA) is 122 Å². The minimum absolute atomic E-state index is 0.891. The SMILES string of the molecule is CCCCCCCCCCCCCCCCCCN1/C(=C/c2oc3ccccc3[n+]2CCCCCCCCCCCCCCCCCC)Oc2ccccc21.[O-][Cl+3]([O-])([O-])[O-]. The second-order valence-electron chi connectivity index (χ2n) is 17.2. The number of aromatic nitrogens is 1. The molecule has 0 N–H and O–H groups in total. The summed E-state index contributed by atoms with van der Waals surface area (Å²) >= 11 is 0. The van der Waals surface area contributed by atoms with E-state index >= 15 is 0 Å². The number of rotatable bonds is 35. The molecule has 0 fully saturated rings. The van der Waals surface area contributed by atoms with Crippen LogP contribution in [-0.2, 0) is 6.54 Å². The van der Waals surface area contributed by atoms with Gasteiger partial charge in [-0.1, -0.05) is 224 Å². The van der Waals surface area contributed by atoms with Gasteiger partial charge >= 0.3 is 5.89 Å². The van der Waals surface area contributed by atoms with Crippen LogP contribution in [0.25, 0.3) is 17.2 Å². The molecule has 60 heavy (non-hydrogen) atoms. The molecule has 0 amide bonds. The molecule has 1 aromatic heterocycles. The average Bonchev–Trinajstić information content (AvgIpc) is 3.76. The van der Waals surface area contributed by atoms with Crippen LogP contribution in [0.1, 0.15) is 225 Å². The first-order chi connectivity index (χ1) is 29.3. The summed E-state index contributed by atoms with van der Waals surface area (Å²) in [6.45, 7) is 6.55. The number of ether oxygens (including phenoxy) is 1. The standard InChI is InChI=1S/C51H83N2O2.ClHO4/c1-3-5-7-9-11-13-15-17-19-21-23-25-27-29-31-37-43-52-46-39-33-35-41-48(46)54-50(52)45-51-53(47-40-34-36-42-49(47)55-51)44-38-32-30-28-26-24-22-20-18-16-14-12-10-8-6-4-2;2-1(3,4)5/h33-36,39-42,45H,3-32,37-38,43-44H2,1-2H3;(H,2,3,4,5)/q+1;/p-1. The number of benzene rings is 2. The highest BCUT2D eigenvalue weighted by atomic mass is 35.7. The fourth-order valence-corrected chi connectivity index (χ4v) is 8.52. The molecule has 0 saturated heterocycles. The van der Waals surface area contributed by atoms with Crippen LogP contribution in [-0.4, -0.2) is 6.54 Å². The number of fused-ring (bicyclic) bond motifs is 2. The summed E-state index contributed by atoms with van der Waals surface area (Å²) < 4.78 is 49.4. The second-order valence-corrected chi connectivity index (χ2v) is 18.0. The van der Waals surface area contributed by atoms with Crippen molar-refractivity contribution in [1.29, 1.82) is 0 Å². The molecule has 2 heterocycles. The van der Waals surface area contributed by atoms with Crippen molar-refractivity contribution in [1.82, 2.24) is 0 Å². The number of nitrogens with zero attached hydrogens (tertiary/aromatic N) is 2. The summed E-state index contributed by atoms with van der Waals surface area (Å²) in [5.74, 6) is 2.73. The molecule has 0 atom stereocenters. The summed E-state index contributed by atoms with van der Waals surface area (Å²) in [5.41, 5.74) is 3.30. The highest BCUT2D eigenvalue weighted by Gasteiger charge is 2.29. The van der Waals surface area contributed by atoms with Gasteiger partial charge in [0.25, 0.3) is 5.52 Å². The molecule has 1 aliphatic heterocycles. The lowest BCUT2D eigenvalue weighted by atomic mass is 10.0. The molecule has 0 bridgehead atoms. The van der Waals surface area contributed by atoms with E-state index in [4.69, 9.17) is 27.8 Å². The van der Waals surface area contributed by atoms with E-state index in [1.165, 1.54) is 217 Å². The molecule has 0 saturated carbocycles. The smallest absolute Gasteiger partial charge is 0.379 e. The number of anilines is 1. The van der Waals surface area contributed by atoms with Crippen molar-refractivity contribution in [3.63, 3.8) is 0 Å². The van der Waals surface area contributed by atoms with Crippen LogP contribution in [0.4, 0.5) is 5.69 Å². The Balaban J connectivity index is 0.00000181. The quantitative estimate of drug-likeness (QED) is 0.0426. The Morgan fingerprint density at radius 3 is 1.35 bits per heavy atom. The molecular weight excluding hydrogens is 772 g/mol. The molecule has 1 aliphatic rings. The highest BCUT2D eigenvalue weighted by Crippen LogP contribution is 2.39. The van der Waals surface area contributed by atoms with E-state index in [-0.39, 0.29) is 0 Å². The first-order valence-electron chi connectivity index (χ1n) is 24.6. The maximum Gasteiger partial charge on any atom is 0.379 e. The van der Waals surface area contributed by atoms with Crippen LogP contribution in [0, 0.1) is 10.2 Å². The van der Waals surface area contributed by atoms with E-state index in [0.29, 0.717) is 0 Å². The third-order valence-electron chi connectivity index (χ3n) is 12.0. The molecule has 4 rings (SSSR count). The zero-order chi connectivity index (χ0) is 42.9. The highest BCUT2D eigenvalue weighted by molar-refractivity contribution is 5.72. The van der Waals surface area contributed by atoms with Gasteiger partial charge in [-0.2, -0.15) is 4.57 Å². The Morgan fingerprint density at radius 1 is 0.500 bits per heavy atom. The molecule has 0 aliphatic carbocycles. The molecule has 8 nitrogen and oxygen atoms in total. The zero-order valence-electron chi connectivity index (χ0n) is 38.0. The van der Waals surface area contributed by atoms with Crippen molar-refractivity contribution in [2.45, 2.75) is 226 Å². The minimum Gasteiger partial charge on any atom is -0.438 e. The van der Waals surface area contributed by atoms with Gasteiger partial charge in [-0.05, 0) is 31.0 Å². The van der Waals surface area contributed by atoms with Gasteiger partial charge in [-0.15, -0.1) is 10.2 Å². The zero-order valence-corrected chi connectivity index (χ0v) is 38.7. The lowest BCUT2D eigenvalue weighted by molar-refractivity contribution is -2.00. The van der Waals surface area contributed by atoms with Crippen LogP contribution in [0.5, 0.6) is 5.75 Å². The van der Waals surface area contributed by atoms with E-state index in [1.807, 2.05) is 0 Å². The lowest BCUT2D eigenvalue weighted by Crippen LogP contribution is -2.68. The van der Waals surface area contributed by atoms with Crippen molar-refractivity contribution >= 4 is 22.9 Å². The number of para-hydroxylation sites is 4. The van der Waals surface area contributed by atoms with Gasteiger partial charge in [0.1, 0.15) is 6.08 Å². The molecule has 0 spiro atoms. The summed E-state index contributed by atoms with van der Waals surface area (Å²) in [4.78, 5) is 2.38. The number of aryl methyl sites for hydroxylation is 1. The van der Waals surface area contributed by atoms with Crippen LogP contribution in [0.3, 0.4) is 0 Å². The molecule has 3 aromatic rings. The molecular formula is C51H83ClN2O6. The van der Waals surface area contributed by atoms with Crippen LogP contribution < -0.4 is 32.8 Å². The molecule has 340 valence electrons. The van der Waals surface area contributed by atoms with Gasteiger partial charge in [0.05, 0.1) is 5.69 Å². The largest absolute Gasteiger partial charge is 0.438 e. The molecule has 9 heteroatoms. The summed E-state index contributed by atoms with van der Waals surface area (Å²) in [6.07, 6.45) is 46.6. The number of halogens is 1. The maximum atomic E-state index is 8.49. The molecule has 0 radical (unpaired) electrons. The van der Waals surface area contributed by atoms with Gasteiger partial charge in [-0.3, -0.25) is 0 Å². The van der Waals surface area contributed by atoms with Crippen molar-refractivity contribution in [3.8, 4) is 5.75 Å². The third kappa shape index (κ3) is 23.6. The van der Waals surface area contributed by atoms with Crippen LogP contribution in [0.15, 0.2) is 58.8 Å². The van der Waals surface area contributed by atoms with E-state index in [1.54, 1.807) is 0 Å². The fourth-order valence-electron chi connectivity index (χ4n) is 8.52. The number of hydrogen-bond donors (Lipinski definition) is 0. The average molecular weight is 856 g/mol. The van der Waals surface area contributed by atoms with Gasteiger partial charge in [0.2, 0.25) is 11.5 Å². The summed E-state index contributed by atoms with van der Waals surface area (Å²) in [7, 11) is -4.94. The lowest BCUT2D eigenvalue weighted by Gasteiger charge is -2.17. The van der Waals surface area contributed by atoms with Crippen molar-refractivity contribution in [2.24, 2.45) is 0 Å². The van der Waals surface area contributed by atoms with E-state index < -0.39 is 10.2 Å². The summed E-state index contributed by atoms with van der Waals surface area (Å²) in [6, 6.07) is 17.0. The van der Waals surface area contributed by atoms with Crippen LogP contribution in [0.2, 0.25) is 0 Å². The first-order valence-corrected chi connectivity index (χ1v) is 25.8. The Kier molecular flexibility index (Phi) is 28.5. The predicted molar refractivity (Wildman–Crippen MR) is 238 cm³/mol. The van der Waals surface area contributed by atoms with Crippen LogP contribution >= 0.6 is 0 Å². The number of oxazole rings is 1. The molecule has 0 unspecified atom stereocenters. The number of hydrogen-bond acceptors (Lipinski definition) is 7. The van der Waals surface area contributed by atoms with Gasteiger partial charge in [0, 0.05) is 19.0 Å². The van der Waals surface area contributed by atoms with Gasteiger partial charge < -0.3 is 14.1 Å². The van der Waals surface area contributed by atoms with Gasteiger partial charge in [-0.25, -0.2) is 18.6 Å². The first kappa shape index (κ1) is 51.7. The predicted octanol–water partition coefficient (Wildman–Crippen LogP) is 11.7. The Bertz CT molecular complexity index is 1510. The van der Waals surface area contributed by atoms with E-state index in [9.17, 15) is 0 Å². The number of unbranched alkanes of at least 4 members (excludes halogenated alkanes) is 30. The van der Waals surface area contributed by atoms with Crippen molar-refractivity contribution < 1.29 is 42.6 Å². The summed E-state index contributed by atoms with van der Waals surface area (Å²) in [5, 5.41) is 0. The van der Waals surface area contributed by atoms with Crippen molar-refractivity contribution in [2.75, 3.05) is 11.4 Å². The normalized spacial score (nSPS) is 13.2. The van der Waals surface area contributed by atoms with Crippen molar-refractivity contribution in [3.05, 3.63) is 60.3 Å². The Morgan fingerprint density at radius 2 is 0.883 bits per heavy atom. The maximum absolute atomic E-state index is 8.49.